The van der Waals surface area contributed by atoms with Gasteiger partial charge >= 0.3 is 0 Å². The molecule has 0 aliphatic rings. The molecule has 0 aromatic heterocycles. The predicted molar refractivity (Wildman–Crippen MR) is 74.1 cm³/mol. The highest BCUT2D eigenvalue weighted by molar-refractivity contribution is 9.09. The van der Waals surface area contributed by atoms with Gasteiger partial charge in [0, 0.05) is 23.9 Å². The summed E-state index contributed by atoms with van der Waals surface area (Å²) in [5.74, 6) is -0.202. The van der Waals surface area contributed by atoms with Crippen LogP contribution in [0.2, 0.25) is 0 Å². The Hall–Kier alpha value is -1.94. The number of anilines is 1. The van der Waals surface area contributed by atoms with Crippen LogP contribution in [0.4, 0.5) is 11.4 Å². The fourth-order valence-electron chi connectivity index (χ4n) is 1.44. The Morgan fingerprint density at radius 2 is 2.21 bits per heavy atom. The second-order valence-corrected chi connectivity index (χ2v) is 4.59. The first-order chi connectivity index (χ1) is 9.08. The molecule has 0 bridgehead atoms. The van der Waals surface area contributed by atoms with E-state index in [0.717, 1.165) is 24.2 Å². The summed E-state index contributed by atoms with van der Waals surface area (Å²) >= 11 is 3.27. The number of hydrogen-bond acceptors (Lipinski definition) is 4. The molecule has 100 valence electrons. The van der Waals surface area contributed by atoms with Gasteiger partial charge in [-0.3, -0.25) is 14.9 Å². The average Bonchev–Trinajstić information content (AvgIpc) is 2.39. The van der Waals surface area contributed by atoms with Crippen LogP contribution in [0.15, 0.2) is 18.2 Å². The Labute approximate surface area is 118 Å². The van der Waals surface area contributed by atoms with Crippen LogP contribution < -0.4 is 5.32 Å². The maximum atomic E-state index is 11.6. The lowest BCUT2D eigenvalue weighted by molar-refractivity contribution is -0.384. The zero-order valence-electron chi connectivity index (χ0n) is 10.1. The number of carbonyl (C=O) groups is 1. The minimum atomic E-state index is -0.581. The average molecular weight is 326 g/mol. The van der Waals surface area contributed by atoms with Crippen LogP contribution in [-0.4, -0.2) is 16.2 Å². The molecular formula is C12H12BrN3O3. The maximum absolute atomic E-state index is 11.6. The summed E-state index contributed by atoms with van der Waals surface area (Å²) in [6, 6.07) is 5.62. The lowest BCUT2D eigenvalue weighted by atomic mass is 10.1. The first-order valence-electron chi connectivity index (χ1n) is 5.63. The van der Waals surface area contributed by atoms with Crippen molar-refractivity contribution in [2.24, 2.45) is 0 Å². The van der Waals surface area contributed by atoms with Gasteiger partial charge in [-0.2, -0.15) is 5.26 Å². The molecule has 6 nitrogen and oxygen atoms in total. The minimum absolute atomic E-state index is 0.0861. The summed E-state index contributed by atoms with van der Waals surface area (Å²) in [7, 11) is 0. The fourth-order valence-corrected chi connectivity index (χ4v) is 1.84. The zero-order chi connectivity index (χ0) is 14.3. The lowest BCUT2D eigenvalue weighted by Crippen LogP contribution is -2.12. The van der Waals surface area contributed by atoms with E-state index in [1.54, 1.807) is 0 Å². The molecule has 1 N–H and O–H groups in total. The Morgan fingerprint density at radius 1 is 1.47 bits per heavy atom. The lowest BCUT2D eigenvalue weighted by Gasteiger charge is -2.06. The summed E-state index contributed by atoms with van der Waals surface area (Å²) < 4.78 is 0. The fraction of sp³-hybridized carbons (Fsp3) is 0.333. The summed E-state index contributed by atoms with van der Waals surface area (Å²) in [5, 5.41) is 22.9. The van der Waals surface area contributed by atoms with Crippen molar-refractivity contribution in [3.05, 3.63) is 33.9 Å². The van der Waals surface area contributed by atoms with Crippen LogP contribution in [0.25, 0.3) is 0 Å². The number of nitro groups is 1. The topological polar surface area (TPSA) is 96.0 Å². The largest absolute Gasteiger partial charge is 0.325 e. The van der Waals surface area contributed by atoms with Crippen molar-refractivity contribution in [2.45, 2.75) is 19.3 Å². The molecule has 7 heteroatoms. The molecule has 0 heterocycles. The monoisotopic (exact) mass is 325 g/mol. The Morgan fingerprint density at radius 3 is 2.79 bits per heavy atom. The van der Waals surface area contributed by atoms with Gasteiger partial charge in [0.25, 0.3) is 5.69 Å². The van der Waals surface area contributed by atoms with Gasteiger partial charge in [-0.1, -0.05) is 15.9 Å². The highest BCUT2D eigenvalue weighted by Crippen LogP contribution is 2.21. The zero-order valence-corrected chi connectivity index (χ0v) is 11.6. The van der Waals surface area contributed by atoms with E-state index in [2.05, 4.69) is 21.2 Å². The minimum Gasteiger partial charge on any atom is -0.325 e. The van der Waals surface area contributed by atoms with Crippen molar-refractivity contribution < 1.29 is 9.72 Å². The van der Waals surface area contributed by atoms with E-state index >= 15 is 0 Å². The number of halogens is 1. The number of non-ortho nitro benzene ring substituents is 1. The summed E-state index contributed by atoms with van der Waals surface area (Å²) in [6.07, 6.45) is 1.98. The summed E-state index contributed by atoms with van der Waals surface area (Å²) in [5.41, 5.74) is 0.217. The molecule has 0 aliphatic heterocycles. The number of carbonyl (C=O) groups excluding carboxylic acids is 1. The molecule has 0 radical (unpaired) electrons. The van der Waals surface area contributed by atoms with Crippen LogP contribution in [0.1, 0.15) is 24.8 Å². The SMILES string of the molecule is N#Cc1cc([N+](=O)[O-])ccc1NC(=O)CCCCBr. The summed E-state index contributed by atoms with van der Waals surface area (Å²) in [4.78, 5) is 21.6. The van der Waals surface area contributed by atoms with E-state index in [1.165, 1.54) is 12.1 Å². The number of rotatable bonds is 6. The third-order valence-corrected chi connectivity index (χ3v) is 2.96. The van der Waals surface area contributed by atoms with Crippen molar-refractivity contribution in [2.75, 3.05) is 10.6 Å². The van der Waals surface area contributed by atoms with Gasteiger partial charge in [-0.25, -0.2) is 0 Å². The number of nitro benzene ring substituents is 1. The molecule has 0 unspecified atom stereocenters. The van der Waals surface area contributed by atoms with Crippen LogP contribution in [0.3, 0.4) is 0 Å². The number of hydrogen-bond donors (Lipinski definition) is 1. The molecule has 0 atom stereocenters. The number of nitrogens with one attached hydrogen (secondary N) is 1. The van der Waals surface area contributed by atoms with Crippen LogP contribution in [0, 0.1) is 21.4 Å². The van der Waals surface area contributed by atoms with Crippen molar-refractivity contribution in [3.8, 4) is 6.07 Å². The highest BCUT2D eigenvalue weighted by atomic mass is 79.9. The van der Waals surface area contributed by atoms with Crippen molar-refractivity contribution >= 4 is 33.2 Å². The van der Waals surface area contributed by atoms with Crippen LogP contribution in [-0.2, 0) is 4.79 Å². The number of unbranched alkanes of at least 4 members (excludes halogenated alkanes) is 1. The number of benzene rings is 1. The van der Waals surface area contributed by atoms with Gasteiger partial charge in [0.15, 0.2) is 0 Å². The number of nitriles is 1. The number of alkyl halides is 1. The summed E-state index contributed by atoms with van der Waals surface area (Å²) in [6.45, 7) is 0. The smallest absolute Gasteiger partial charge is 0.270 e. The molecular weight excluding hydrogens is 314 g/mol. The molecule has 1 amide bonds. The van der Waals surface area contributed by atoms with Crippen molar-refractivity contribution in [1.82, 2.24) is 0 Å². The Bertz CT molecular complexity index is 525. The van der Waals surface area contributed by atoms with E-state index in [4.69, 9.17) is 5.26 Å². The maximum Gasteiger partial charge on any atom is 0.270 e. The van der Waals surface area contributed by atoms with Crippen molar-refractivity contribution in [3.63, 3.8) is 0 Å². The standard InChI is InChI=1S/C12H12BrN3O3/c13-6-2-1-3-12(17)15-11-5-4-10(16(18)19)7-9(11)8-14/h4-5,7H,1-3,6H2,(H,15,17). The first-order valence-corrected chi connectivity index (χ1v) is 6.75. The van der Waals surface area contributed by atoms with Gasteiger partial charge in [0.2, 0.25) is 5.91 Å². The molecule has 0 aliphatic carbocycles. The van der Waals surface area contributed by atoms with E-state index < -0.39 is 4.92 Å². The third kappa shape index (κ3) is 4.67. The van der Waals surface area contributed by atoms with E-state index in [1.807, 2.05) is 6.07 Å². The molecule has 1 aromatic rings. The van der Waals surface area contributed by atoms with Gasteiger partial charge < -0.3 is 5.32 Å². The van der Waals surface area contributed by atoms with Crippen molar-refractivity contribution in [1.29, 1.82) is 5.26 Å². The Kier molecular flexibility index (Phi) is 5.96. The number of nitrogens with zero attached hydrogens (tertiary/aromatic N) is 2. The second-order valence-electron chi connectivity index (χ2n) is 3.79. The molecule has 0 spiro atoms. The third-order valence-electron chi connectivity index (χ3n) is 2.40. The first kappa shape index (κ1) is 15.1. The quantitative estimate of drug-likeness (QED) is 0.376. The van der Waals surface area contributed by atoms with E-state index in [0.29, 0.717) is 12.1 Å². The Balaban J connectivity index is 2.76. The van der Waals surface area contributed by atoms with E-state index in [-0.39, 0.29) is 17.2 Å². The molecule has 0 fully saturated rings. The van der Waals surface area contributed by atoms with Gasteiger partial charge in [0.05, 0.1) is 16.2 Å². The normalized spacial score (nSPS) is 9.68. The predicted octanol–water partition coefficient (Wildman–Crippen LogP) is 2.97. The molecule has 0 saturated carbocycles. The van der Waals surface area contributed by atoms with Crippen LogP contribution >= 0.6 is 15.9 Å². The molecule has 0 saturated heterocycles. The van der Waals surface area contributed by atoms with Gasteiger partial charge in [-0.15, -0.1) is 0 Å². The second kappa shape index (κ2) is 7.48. The number of amides is 1. The molecule has 1 rings (SSSR count). The highest BCUT2D eigenvalue weighted by Gasteiger charge is 2.12. The molecule has 19 heavy (non-hydrogen) atoms. The molecule has 1 aromatic carbocycles. The van der Waals surface area contributed by atoms with Crippen LogP contribution in [0.5, 0.6) is 0 Å². The van der Waals surface area contributed by atoms with Gasteiger partial charge in [-0.05, 0) is 18.9 Å². The van der Waals surface area contributed by atoms with Gasteiger partial charge in [0.1, 0.15) is 6.07 Å². The van der Waals surface area contributed by atoms with E-state index in [9.17, 15) is 14.9 Å².